The summed E-state index contributed by atoms with van der Waals surface area (Å²) in [5.74, 6) is 0.488. The van der Waals surface area contributed by atoms with Crippen molar-refractivity contribution in [2.75, 3.05) is 19.6 Å². The van der Waals surface area contributed by atoms with Gasteiger partial charge >= 0.3 is 0 Å². The number of rotatable bonds is 1. The van der Waals surface area contributed by atoms with Gasteiger partial charge in [-0.15, -0.1) is 0 Å². The van der Waals surface area contributed by atoms with Crippen LogP contribution in [0.25, 0.3) is 0 Å². The largest absolute Gasteiger partial charge is 0.482 e. The van der Waals surface area contributed by atoms with Crippen LogP contribution in [0.5, 0.6) is 5.88 Å². The van der Waals surface area contributed by atoms with Crippen LogP contribution in [0.1, 0.15) is 0 Å². The van der Waals surface area contributed by atoms with E-state index in [1.807, 2.05) is 12.5 Å². The first-order valence-corrected chi connectivity index (χ1v) is 5.00. The third kappa shape index (κ3) is 4.85. The molecule has 12 heavy (non-hydrogen) atoms. The SMILES string of the molecule is COc1cc(=O)cc[nH]1.CSC. The molecule has 1 aromatic rings. The molecule has 0 aromatic carbocycles. The minimum atomic E-state index is -0.0504. The van der Waals surface area contributed by atoms with Gasteiger partial charge in [-0.25, -0.2) is 0 Å². The molecule has 0 amide bonds. The number of hydrogen-bond acceptors (Lipinski definition) is 3. The Morgan fingerprint density at radius 2 is 2.08 bits per heavy atom. The second-order valence-corrected chi connectivity index (χ2v) is 2.82. The molecule has 0 fully saturated rings. The molecule has 0 saturated carbocycles. The first-order chi connectivity index (χ1) is 5.74. The number of thioether (sulfide) groups is 1. The molecular formula is C8H13NO2S. The molecule has 0 spiro atoms. The smallest absolute Gasteiger partial charge is 0.194 e. The number of nitrogens with one attached hydrogen (secondary N) is 1. The summed E-state index contributed by atoms with van der Waals surface area (Å²) in [4.78, 5) is 13.3. The molecule has 4 heteroatoms. The average molecular weight is 187 g/mol. The zero-order chi connectivity index (χ0) is 9.40. The fraction of sp³-hybridized carbons (Fsp3) is 0.375. The van der Waals surface area contributed by atoms with E-state index in [1.54, 1.807) is 18.0 Å². The lowest BCUT2D eigenvalue weighted by atomic mass is 10.5. The molecule has 1 rings (SSSR count). The van der Waals surface area contributed by atoms with Crippen molar-refractivity contribution >= 4 is 11.8 Å². The molecule has 0 radical (unpaired) electrons. The third-order valence-corrected chi connectivity index (χ3v) is 0.966. The molecule has 1 heterocycles. The van der Waals surface area contributed by atoms with Crippen molar-refractivity contribution in [1.82, 2.24) is 4.98 Å². The van der Waals surface area contributed by atoms with Gasteiger partial charge in [0.1, 0.15) is 0 Å². The van der Waals surface area contributed by atoms with E-state index in [0.717, 1.165) is 0 Å². The number of aromatic amines is 1. The van der Waals surface area contributed by atoms with Crippen molar-refractivity contribution in [1.29, 1.82) is 0 Å². The van der Waals surface area contributed by atoms with Crippen molar-refractivity contribution in [3.05, 3.63) is 28.6 Å². The Bertz CT molecular complexity index is 259. The van der Waals surface area contributed by atoms with E-state index in [0.29, 0.717) is 5.88 Å². The fourth-order valence-corrected chi connectivity index (χ4v) is 0.543. The highest BCUT2D eigenvalue weighted by Gasteiger charge is 1.86. The fourth-order valence-electron chi connectivity index (χ4n) is 0.543. The molecule has 0 atom stereocenters. The maximum atomic E-state index is 10.5. The van der Waals surface area contributed by atoms with E-state index < -0.39 is 0 Å². The number of hydrogen-bond donors (Lipinski definition) is 1. The molecule has 0 aliphatic heterocycles. The summed E-state index contributed by atoms with van der Waals surface area (Å²) in [5, 5.41) is 0. The van der Waals surface area contributed by atoms with Gasteiger partial charge in [0, 0.05) is 18.3 Å². The Kier molecular flexibility index (Phi) is 6.28. The topological polar surface area (TPSA) is 42.1 Å². The highest BCUT2D eigenvalue weighted by Crippen LogP contribution is 1.95. The normalized spacial score (nSPS) is 8.25. The van der Waals surface area contributed by atoms with Crippen LogP contribution in [0.15, 0.2) is 23.1 Å². The zero-order valence-electron chi connectivity index (χ0n) is 7.46. The number of H-pyrrole nitrogens is 1. The monoisotopic (exact) mass is 187 g/mol. The predicted molar refractivity (Wildman–Crippen MR) is 53.1 cm³/mol. The highest BCUT2D eigenvalue weighted by molar-refractivity contribution is 7.97. The van der Waals surface area contributed by atoms with Crippen LogP contribution in [0.4, 0.5) is 0 Å². The summed E-state index contributed by atoms with van der Waals surface area (Å²) in [5.41, 5.74) is -0.0504. The standard InChI is InChI=1S/C6H7NO2.C2H6S/c1-9-6-4-5(8)2-3-7-6;1-3-2/h2-4H,1H3,(H,7,8);1-2H3. The Morgan fingerprint density at radius 3 is 2.42 bits per heavy atom. The van der Waals surface area contributed by atoms with Crippen LogP contribution < -0.4 is 10.2 Å². The van der Waals surface area contributed by atoms with E-state index in [2.05, 4.69) is 4.98 Å². The van der Waals surface area contributed by atoms with Gasteiger partial charge in [-0.1, -0.05) is 0 Å². The highest BCUT2D eigenvalue weighted by atomic mass is 32.2. The Hall–Kier alpha value is -0.900. The van der Waals surface area contributed by atoms with Gasteiger partial charge in [0.15, 0.2) is 11.3 Å². The van der Waals surface area contributed by atoms with Crippen LogP contribution in [-0.2, 0) is 0 Å². The molecule has 0 aliphatic carbocycles. The summed E-state index contributed by atoms with van der Waals surface area (Å²) in [6.07, 6.45) is 5.63. The van der Waals surface area contributed by atoms with Crippen LogP contribution >= 0.6 is 11.8 Å². The molecule has 0 bridgehead atoms. The van der Waals surface area contributed by atoms with Crippen molar-refractivity contribution in [2.24, 2.45) is 0 Å². The summed E-state index contributed by atoms with van der Waals surface area (Å²) in [6, 6.07) is 2.82. The van der Waals surface area contributed by atoms with E-state index in [9.17, 15) is 4.79 Å². The van der Waals surface area contributed by atoms with Gasteiger partial charge in [0.05, 0.1) is 7.11 Å². The Morgan fingerprint density at radius 1 is 1.50 bits per heavy atom. The van der Waals surface area contributed by atoms with Gasteiger partial charge in [-0.05, 0) is 12.5 Å². The second kappa shape index (κ2) is 6.79. The van der Waals surface area contributed by atoms with Gasteiger partial charge in [0.2, 0.25) is 0 Å². The van der Waals surface area contributed by atoms with E-state index in [4.69, 9.17) is 4.74 Å². The Labute approximate surface area is 76.1 Å². The van der Waals surface area contributed by atoms with Gasteiger partial charge in [-0.3, -0.25) is 4.79 Å². The average Bonchev–Trinajstić information content (AvgIpc) is 2.06. The Balaban J connectivity index is 0.000000354. The lowest BCUT2D eigenvalue weighted by molar-refractivity contribution is 0.397. The van der Waals surface area contributed by atoms with Gasteiger partial charge in [-0.2, -0.15) is 11.8 Å². The molecule has 3 nitrogen and oxygen atoms in total. The van der Waals surface area contributed by atoms with Gasteiger partial charge in [0.25, 0.3) is 0 Å². The maximum absolute atomic E-state index is 10.5. The molecule has 0 saturated heterocycles. The first-order valence-electron chi connectivity index (χ1n) is 3.37. The van der Waals surface area contributed by atoms with Gasteiger partial charge < -0.3 is 9.72 Å². The summed E-state index contributed by atoms with van der Waals surface area (Å²) in [7, 11) is 1.51. The van der Waals surface area contributed by atoms with E-state index >= 15 is 0 Å². The maximum Gasteiger partial charge on any atom is 0.194 e. The summed E-state index contributed by atoms with van der Waals surface area (Å²) >= 11 is 1.75. The zero-order valence-corrected chi connectivity index (χ0v) is 8.27. The van der Waals surface area contributed by atoms with Crippen LogP contribution in [0.2, 0.25) is 0 Å². The first kappa shape index (κ1) is 11.1. The minimum absolute atomic E-state index is 0.0504. The van der Waals surface area contributed by atoms with Crippen molar-refractivity contribution in [2.45, 2.75) is 0 Å². The van der Waals surface area contributed by atoms with Crippen LogP contribution in [0.3, 0.4) is 0 Å². The minimum Gasteiger partial charge on any atom is -0.482 e. The second-order valence-electron chi connectivity index (χ2n) is 2.00. The number of methoxy groups -OCH3 is 1. The number of aromatic nitrogens is 1. The summed E-state index contributed by atoms with van der Waals surface area (Å²) in [6.45, 7) is 0. The lowest BCUT2D eigenvalue weighted by Gasteiger charge is -1.94. The van der Waals surface area contributed by atoms with Crippen LogP contribution in [0, 0.1) is 0 Å². The van der Waals surface area contributed by atoms with Crippen LogP contribution in [-0.4, -0.2) is 24.6 Å². The lowest BCUT2D eigenvalue weighted by Crippen LogP contribution is -1.98. The van der Waals surface area contributed by atoms with Crippen molar-refractivity contribution in [3.63, 3.8) is 0 Å². The number of pyridine rings is 1. The van der Waals surface area contributed by atoms with Crippen molar-refractivity contribution in [3.8, 4) is 5.88 Å². The number of ether oxygens (including phenoxy) is 1. The third-order valence-electron chi connectivity index (χ3n) is 0.966. The quantitative estimate of drug-likeness (QED) is 0.722. The van der Waals surface area contributed by atoms with Crippen molar-refractivity contribution < 1.29 is 4.74 Å². The molecule has 68 valence electrons. The molecule has 1 N–H and O–H groups in total. The molecule has 1 aromatic heterocycles. The predicted octanol–water partition coefficient (Wildman–Crippen LogP) is 1.36. The van der Waals surface area contributed by atoms with E-state index in [1.165, 1.54) is 19.2 Å². The van der Waals surface area contributed by atoms with E-state index in [-0.39, 0.29) is 5.43 Å². The molecule has 0 unspecified atom stereocenters. The molecular weight excluding hydrogens is 174 g/mol. The summed E-state index contributed by atoms with van der Waals surface area (Å²) < 4.78 is 4.74. The molecule has 0 aliphatic rings.